The standard InChI is InChI=1S/C18H12ClN5O2S2/c1-10-17(28-24-23-10)26-18(25)22-15-5-3-12(9-21-15)13-8-11(2-4-14(13)19)16-20-6-7-27-16/h2-9H,1H3,(H,21,22,25). The molecule has 0 saturated heterocycles. The Bertz CT molecular complexity index is 1110. The predicted molar refractivity (Wildman–Crippen MR) is 110 cm³/mol. The van der Waals surface area contributed by atoms with Gasteiger partial charge in [0.05, 0.1) is 0 Å². The van der Waals surface area contributed by atoms with E-state index in [1.807, 2.05) is 29.6 Å². The van der Waals surface area contributed by atoms with Crippen molar-refractivity contribution in [3.8, 4) is 26.8 Å². The van der Waals surface area contributed by atoms with Crippen LogP contribution < -0.4 is 10.1 Å². The van der Waals surface area contributed by atoms with Crippen molar-refractivity contribution < 1.29 is 9.53 Å². The van der Waals surface area contributed by atoms with E-state index in [1.165, 1.54) is 0 Å². The molecule has 4 rings (SSSR count). The monoisotopic (exact) mass is 429 g/mol. The molecule has 10 heteroatoms. The number of thiazole rings is 1. The number of benzene rings is 1. The van der Waals surface area contributed by atoms with E-state index in [0.29, 0.717) is 21.6 Å². The molecule has 28 heavy (non-hydrogen) atoms. The number of aromatic nitrogens is 4. The summed E-state index contributed by atoms with van der Waals surface area (Å²) in [5.74, 6) is 0.357. The average Bonchev–Trinajstić information content (AvgIpc) is 3.36. The summed E-state index contributed by atoms with van der Waals surface area (Å²) in [6.07, 6.45) is 2.75. The van der Waals surface area contributed by atoms with Crippen LogP contribution in [0.5, 0.6) is 5.06 Å². The van der Waals surface area contributed by atoms with E-state index in [0.717, 1.165) is 33.2 Å². The van der Waals surface area contributed by atoms with Crippen LogP contribution in [0.1, 0.15) is 5.69 Å². The van der Waals surface area contributed by atoms with Gasteiger partial charge in [-0.05, 0) is 31.2 Å². The molecule has 0 unspecified atom stereocenters. The SMILES string of the molecule is Cc1nnsc1OC(=O)Nc1ccc(-c2cc(-c3nccs3)ccc2Cl)cn1. The van der Waals surface area contributed by atoms with Crippen LogP contribution in [0.2, 0.25) is 5.02 Å². The molecule has 0 bridgehead atoms. The first-order chi connectivity index (χ1) is 13.6. The number of amides is 1. The van der Waals surface area contributed by atoms with E-state index in [1.54, 1.807) is 36.7 Å². The third-order valence-corrected chi connectivity index (χ3v) is 5.61. The van der Waals surface area contributed by atoms with E-state index in [9.17, 15) is 4.79 Å². The molecule has 3 aromatic heterocycles. The number of nitrogens with one attached hydrogen (secondary N) is 1. The predicted octanol–water partition coefficient (Wildman–Crippen LogP) is 5.30. The number of carbonyl (C=O) groups is 1. The Labute approximate surface area is 173 Å². The first-order valence-electron chi connectivity index (χ1n) is 8.04. The number of halogens is 1. The average molecular weight is 430 g/mol. The lowest BCUT2D eigenvalue weighted by Gasteiger charge is -2.08. The van der Waals surface area contributed by atoms with Crippen LogP contribution >= 0.6 is 34.5 Å². The van der Waals surface area contributed by atoms with Gasteiger partial charge in [-0.1, -0.05) is 22.2 Å². The lowest BCUT2D eigenvalue weighted by atomic mass is 10.0. The topological polar surface area (TPSA) is 89.9 Å². The van der Waals surface area contributed by atoms with Crippen LogP contribution in [0.25, 0.3) is 21.7 Å². The molecule has 4 aromatic rings. The Hall–Kier alpha value is -2.88. The van der Waals surface area contributed by atoms with Crippen molar-refractivity contribution in [2.24, 2.45) is 0 Å². The Morgan fingerprint density at radius 2 is 2.04 bits per heavy atom. The van der Waals surface area contributed by atoms with E-state index in [4.69, 9.17) is 16.3 Å². The zero-order valence-electron chi connectivity index (χ0n) is 14.4. The fraction of sp³-hybridized carbons (Fsp3) is 0.0556. The second-order valence-corrected chi connectivity index (χ2v) is 7.64. The fourth-order valence-corrected chi connectivity index (χ4v) is 3.79. The minimum Gasteiger partial charge on any atom is -0.395 e. The molecule has 0 atom stereocenters. The highest BCUT2D eigenvalue weighted by Gasteiger charge is 2.12. The van der Waals surface area contributed by atoms with Crippen molar-refractivity contribution in [2.75, 3.05) is 5.32 Å². The van der Waals surface area contributed by atoms with E-state index in [-0.39, 0.29) is 0 Å². The third-order valence-electron chi connectivity index (χ3n) is 3.75. The molecule has 3 heterocycles. The number of ether oxygens (including phenoxy) is 1. The van der Waals surface area contributed by atoms with Gasteiger partial charge in [0.1, 0.15) is 16.5 Å². The van der Waals surface area contributed by atoms with Crippen LogP contribution in [0.4, 0.5) is 10.6 Å². The third kappa shape index (κ3) is 4.01. The van der Waals surface area contributed by atoms with E-state index >= 15 is 0 Å². The maximum atomic E-state index is 12.0. The number of nitrogens with zero attached hydrogens (tertiary/aromatic N) is 4. The zero-order chi connectivity index (χ0) is 19.5. The van der Waals surface area contributed by atoms with Gasteiger partial charge in [0, 0.05) is 51.0 Å². The van der Waals surface area contributed by atoms with Crippen molar-refractivity contribution in [2.45, 2.75) is 6.92 Å². The lowest BCUT2D eigenvalue weighted by Crippen LogP contribution is -2.17. The summed E-state index contributed by atoms with van der Waals surface area (Å²) in [5, 5.41) is 10.2. The number of pyridine rings is 1. The van der Waals surface area contributed by atoms with Crippen LogP contribution in [0, 0.1) is 6.92 Å². The van der Waals surface area contributed by atoms with Crippen LogP contribution in [-0.2, 0) is 0 Å². The summed E-state index contributed by atoms with van der Waals surface area (Å²) in [5.41, 5.74) is 3.19. The molecular weight excluding hydrogens is 418 g/mol. The summed E-state index contributed by atoms with van der Waals surface area (Å²) >= 11 is 8.93. The highest BCUT2D eigenvalue weighted by Crippen LogP contribution is 2.33. The van der Waals surface area contributed by atoms with Crippen molar-refractivity contribution in [1.29, 1.82) is 0 Å². The van der Waals surface area contributed by atoms with Crippen LogP contribution in [0.15, 0.2) is 48.1 Å². The Morgan fingerprint density at radius 3 is 2.71 bits per heavy atom. The summed E-state index contributed by atoms with van der Waals surface area (Å²) in [6, 6.07) is 9.25. The van der Waals surface area contributed by atoms with E-state index in [2.05, 4.69) is 24.9 Å². The molecule has 0 aliphatic carbocycles. The number of aryl methyl sites for hydroxylation is 1. The molecule has 1 amide bonds. The van der Waals surface area contributed by atoms with Gasteiger partial charge in [-0.25, -0.2) is 14.8 Å². The molecule has 1 N–H and O–H groups in total. The van der Waals surface area contributed by atoms with Gasteiger partial charge in [0.25, 0.3) is 0 Å². The summed E-state index contributed by atoms with van der Waals surface area (Å²) in [7, 11) is 0. The van der Waals surface area contributed by atoms with Crippen molar-refractivity contribution >= 4 is 46.4 Å². The molecule has 0 spiro atoms. The summed E-state index contributed by atoms with van der Waals surface area (Å²) in [4.78, 5) is 20.6. The maximum Gasteiger partial charge on any atom is 0.419 e. The highest BCUT2D eigenvalue weighted by atomic mass is 35.5. The van der Waals surface area contributed by atoms with Gasteiger partial charge in [-0.3, -0.25) is 5.32 Å². The second-order valence-electron chi connectivity index (χ2n) is 5.62. The van der Waals surface area contributed by atoms with Crippen LogP contribution in [-0.4, -0.2) is 25.6 Å². The molecule has 140 valence electrons. The second kappa shape index (κ2) is 8.01. The zero-order valence-corrected chi connectivity index (χ0v) is 16.8. The van der Waals surface area contributed by atoms with Gasteiger partial charge in [0.15, 0.2) is 0 Å². The minimum atomic E-state index is -0.654. The summed E-state index contributed by atoms with van der Waals surface area (Å²) < 4.78 is 8.87. The fourth-order valence-electron chi connectivity index (χ4n) is 2.41. The van der Waals surface area contributed by atoms with Gasteiger partial charge in [-0.15, -0.1) is 16.4 Å². The Balaban J connectivity index is 1.51. The van der Waals surface area contributed by atoms with Gasteiger partial charge < -0.3 is 4.74 Å². The van der Waals surface area contributed by atoms with Gasteiger partial charge >= 0.3 is 6.09 Å². The molecule has 0 aliphatic rings. The Morgan fingerprint density at radius 1 is 1.18 bits per heavy atom. The molecule has 0 radical (unpaired) electrons. The molecule has 0 fully saturated rings. The maximum absolute atomic E-state index is 12.0. The number of anilines is 1. The first kappa shape index (κ1) is 18.5. The quantitative estimate of drug-likeness (QED) is 0.473. The van der Waals surface area contributed by atoms with Gasteiger partial charge in [-0.2, -0.15) is 0 Å². The van der Waals surface area contributed by atoms with Crippen molar-refractivity contribution in [3.05, 3.63) is 58.8 Å². The normalized spacial score (nSPS) is 10.6. The van der Waals surface area contributed by atoms with Crippen molar-refractivity contribution in [1.82, 2.24) is 19.6 Å². The highest BCUT2D eigenvalue weighted by molar-refractivity contribution is 7.13. The number of hydrogen-bond acceptors (Lipinski definition) is 8. The number of rotatable bonds is 4. The molecule has 1 aromatic carbocycles. The number of carbonyl (C=O) groups excluding carboxylic acids is 1. The first-order valence-corrected chi connectivity index (χ1v) is 10.1. The van der Waals surface area contributed by atoms with Crippen molar-refractivity contribution in [3.63, 3.8) is 0 Å². The minimum absolute atomic E-state index is 0.347. The molecule has 0 saturated carbocycles. The largest absolute Gasteiger partial charge is 0.419 e. The molecule has 7 nitrogen and oxygen atoms in total. The summed E-state index contributed by atoms with van der Waals surface area (Å²) in [6.45, 7) is 1.71. The molecular formula is C18H12ClN5O2S2. The van der Waals surface area contributed by atoms with Crippen LogP contribution in [0.3, 0.4) is 0 Å². The lowest BCUT2D eigenvalue weighted by molar-refractivity contribution is 0.216. The Kier molecular flexibility index (Phi) is 5.29. The number of hydrogen-bond donors (Lipinski definition) is 1. The van der Waals surface area contributed by atoms with E-state index < -0.39 is 6.09 Å². The smallest absolute Gasteiger partial charge is 0.395 e. The van der Waals surface area contributed by atoms with Gasteiger partial charge in [0.2, 0.25) is 5.06 Å². The molecule has 0 aliphatic heterocycles.